The van der Waals surface area contributed by atoms with Crippen molar-refractivity contribution in [3.8, 4) is 11.5 Å². The summed E-state index contributed by atoms with van der Waals surface area (Å²) in [7, 11) is 3.18. The van der Waals surface area contributed by atoms with Crippen molar-refractivity contribution in [1.29, 1.82) is 0 Å². The van der Waals surface area contributed by atoms with Gasteiger partial charge in [-0.1, -0.05) is 0 Å². The Balaban J connectivity index is 1.70. The minimum atomic E-state index is -0.194. The molecule has 5 nitrogen and oxygen atoms in total. The zero-order valence-electron chi connectivity index (χ0n) is 14.8. The number of hydrogen-bond acceptors (Lipinski definition) is 5. The quantitative estimate of drug-likeness (QED) is 0.848. The molecule has 1 N–H and O–H groups in total. The first kappa shape index (κ1) is 17.8. The van der Waals surface area contributed by atoms with E-state index >= 15 is 0 Å². The molecule has 1 fully saturated rings. The number of thiophene rings is 1. The van der Waals surface area contributed by atoms with Crippen molar-refractivity contribution in [1.82, 2.24) is 4.90 Å². The van der Waals surface area contributed by atoms with Gasteiger partial charge in [0.25, 0.3) is 0 Å². The van der Waals surface area contributed by atoms with E-state index in [0.29, 0.717) is 23.2 Å². The van der Waals surface area contributed by atoms with Crippen LogP contribution in [-0.2, 0) is 4.79 Å². The third-order valence-corrected chi connectivity index (χ3v) is 5.45. The predicted octanol–water partition coefficient (Wildman–Crippen LogP) is 3.93. The minimum Gasteiger partial charge on any atom is -0.493 e. The molecule has 0 bridgehead atoms. The number of likely N-dealkylation sites (tertiary alicyclic amines) is 1. The summed E-state index contributed by atoms with van der Waals surface area (Å²) in [6, 6.07) is 7.70. The van der Waals surface area contributed by atoms with Crippen LogP contribution in [0.2, 0.25) is 0 Å². The zero-order chi connectivity index (χ0) is 17.8. The number of anilines is 1. The van der Waals surface area contributed by atoms with Crippen LogP contribution in [0.4, 0.5) is 5.69 Å². The highest BCUT2D eigenvalue weighted by molar-refractivity contribution is 7.07. The topological polar surface area (TPSA) is 50.8 Å². The predicted molar refractivity (Wildman–Crippen MR) is 101 cm³/mol. The molecule has 2 heterocycles. The Hall–Kier alpha value is -2.05. The third kappa shape index (κ3) is 3.80. The average Bonchev–Trinajstić information content (AvgIpc) is 3.31. The molecule has 0 spiro atoms. The SMILES string of the molecule is COc1ccc(NC(=O)[C@H](C)N2CCC[C@H]2c2ccsc2)cc1OC. The summed E-state index contributed by atoms with van der Waals surface area (Å²) >= 11 is 1.71. The molecule has 0 unspecified atom stereocenters. The van der Waals surface area contributed by atoms with Crippen molar-refractivity contribution in [2.24, 2.45) is 0 Å². The first-order chi connectivity index (χ1) is 12.1. The van der Waals surface area contributed by atoms with Gasteiger partial charge in [-0.15, -0.1) is 0 Å². The Morgan fingerprint density at radius 2 is 2.08 bits per heavy atom. The molecule has 25 heavy (non-hydrogen) atoms. The van der Waals surface area contributed by atoms with Gasteiger partial charge in [-0.25, -0.2) is 0 Å². The Kier molecular flexibility index (Phi) is 5.60. The second-order valence-electron chi connectivity index (χ2n) is 6.19. The maximum atomic E-state index is 12.7. The number of carbonyl (C=O) groups is 1. The molecule has 1 aromatic carbocycles. The largest absolute Gasteiger partial charge is 0.493 e. The summed E-state index contributed by atoms with van der Waals surface area (Å²) < 4.78 is 10.5. The lowest BCUT2D eigenvalue weighted by molar-refractivity contribution is -0.121. The lowest BCUT2D eigenvalue weighted by Crippen LogP contribution is -2.41. The second kappa shape index (κ2) is 7.89. The molecule has 0 aliphatic carbocycles. The summed E-state index contributed by atoms with van der Waals surface area (Å²) in [4.78, 5) is 15.0. The first-order valence-corrected chi connectivity index (χ1v) is 9.39. The summed E-state index contributed by atoms with van der Waals surface area (Å²) in [6.45, 7) is 2.92. The Morgan fingerprint density at radius 1 is 1.28 bits per heavy atom. The molecule has 3 rings (SSSR count). The molecule has 134 valence electrons. The van der Waals surface area contributed by atoms with Crippen molar-refractivity contribution >= 4 is 22.9 Å². The monoisotopic (exact) mass is 360 g/mol. The lowest BCUT2D eigenvalue weighted by Gasteiger charge is -2.29. The van der Waals surface area contributed by atoms with Gasteiger partial charge in [-0.05, 0) is 60.8 Å². The smallest absolute Gasteiger partial charge is 0.241 e. The Labute approximate surface area is 152 Å². The van der Waals surface area contributed by atoms with E-state index in [-0.39, 0.29) is 11.9 Å². The molecular formula is C19H24N2O3S. The van der Waals surface area contributed by atoms with Gasteiger partial charge in [-0.3, -0.25) is 9.69 Å². The Bertz CT molecular complexity index is 717. The maximum Gasteiger partial charge on any atom is 0.241 e. The second-order valence-corrected chi connectivity index (χ2v) is 6.97. The molecular weight excluding hydrogens is 336 g/mol. The van der Waals surface area contributed by atoms with Gasteiger partial charge >= 0.3 is 0 Å². The fraction of sp³-hybridized carbons (Fsp3) is 0.421. The Morgan fingerprint density at radius 3 is 2.76 bits per heavy atom. The number of rotatable bonds is 6. The summed E-state index contributed by atoms with van der Waals surface area (Å²) in [5, 5.41) is 7.28. The van der Waals surface area contributed by atoms with Crippen LogP contribution in [0.1, 0.15) is 31.4 Å². The minimum absolute atomic E-state index is 0.00523. The highest BCUT2D eigenvalue weighted by Gasteiger charge is 2.33. The molecule has 6 heteroatoms. The number of ether oxygens (including phenoxy) is 2. The van der Waals surface area contributed by atoms with Gasteiger partial charge in [0.15, 0.2) is 11.5 Å². The molecule has 1 saturated heterocycles. The normalized spacial score (nSPS) is 18.8. The number of nitrogens with zero attached hydrogens (tertiary/aromatic N) is 1. The van der Waals surface area contributed by atoms with E-state index < -0.39 is 0 Å². The van der Waals surface area contributed by atoms with Gasteiger partial charge in [0.2, 0.25) is 5.91 Å². The van der Waals surface area contributed by atoms with Gasteiger partial charge in [0.1, 0.15) is 0 Å². The average molecular weight is 360 g/mol. The number of amides is 1. The zero-order valence-corrected chi connectivity index (χ0v) is 15.6. The van der Waals surface area contributed by atoms with Crippen LogP contribution >= 0.6 is 11.3 Å². The molecule has 1 aromatic heterocycles. The number of hydrogen-bond donors (Lipinski definition) is 1. The van der Waals surface area contributed by atoms with E-state index in [1.165, 1.54) is 5.56 Å². The van der Waals surface area contributed by atoms with Crippen LogP contribution in [-0.4, -0.2) is 37.6 Å². The van der Waals surface area contributed by atoms with Crippen molar-refractivity contribution < 1.29 is 14.3 Å². The van der Waals surface area contributed by atoms with Gasteiger partial charge < -0.3 is 14.8 Å². The highest BCUT2D eigenvalue weighted by Crippen LogP contribution is 2.35. The summed E-state index contributed by atoms with van der Waals surface area (Å²) in [6.07, 6.45) is 2.22. The fourth-order valence-electron chi connectivity index (χ4n) is 3.39. The van der Waals surface area contributed by atoms with Crippen LogP contribution in [0.3, 0.4) is 0 Å². The molecule has 1 aliphatic heterocycles. The van der Waals surface area contributed by atoms with Crippen molar-refractivity contribution in [2.45, 2.75) is 31.8 Å². The van der Waals surface area contributed by atoms with E-state index in [2.05, 4.69) is 27.0 Å². The molecule has 0 radical (unpaired) electrons. The van der Waals surface area contributed by atoms with Crippen LogP contribution in [0, 0.1) is 0 Å². The van der Waals surface area contributed by atoms with Gasteiger partial charge in [-0.2, -0.15) is 11.3 Å². The number of carbonyl (C=O) groups excluding carboxylic acids is 1. The van der Waals surface area contributed by atoms with Crippen molar-refractivity contribution in [3.63, 3.8) is 0 Å². The van der Waals surface area contributed by atoms with E-state index in [4.69, 9.17) is 9.47 Å². The van der Waals surface area contributed by atoms with Crippen LogP contribution in [0.15, 0.2) is 35.0 Å². The number of methoxy groups -OCH3 is 2. The van der Waals surface area contributed by atoms with Crippen LogP contribution in [0.25, 0.3) is 0 Å². The number of benzene rings is 1. The summed E-state index contributed by atoms with van der Waals surface area (Å²) in [5.41, 5.74) is 2.02. The molecule has 2 atom stereocenters. The third-order valence-electron chi connectivity index (χ3n) is 4.75. The molecule has 1 amide bonds. The molecule has 2 aromatic rings. The fourth-order valence-corrected chi connectivity index (χ4v) is 4.09. The van der Waals surface area contributed by atoms with E-state index in [1.807, 2.05) is 13.0 Å². The first-order valence-electron chi connectivity index (χ1n) is 8.44. The highest BCUT2D eigenvalue weighted by atomic mass is 32.1. The maximum absolute atomic E-state index is 12.7. The standard InChI is InChI=1S/C19H24N2O3S/c1-13(21-9-4-5-16(21)14-8-10-25-12-14)19(22)20-15-6-7-17(23-2)18(11-15)24-3/h6-8,10-13,16H,4-5,9H2,1-3H3,(H,20,22)/t13-,16-/m0/s1. The van der Waals surface area contributed by atoms with Crippen molar-refractivity contribution in [2.75, 3.05) is 26.1 Å². The number of nitrogens with one attached hydrogen (secondary N) is 1. The van der Waals surface area contributed by atoms with Gasteiger partial charge in [0.05, 0.1) is 20.3 Å². The summed E-state index contributed by atoms with van der Waals surface area (Å²) in [5.74, 6) is 1.24. The van der Waals surface area contributed by atoms with E-state index in [0.717, 1.165) is 19.4 Å². The van der Waals surface area contributed by atoms with E-state index in [1.54, 1.807) is 37.7 Å². The van der Waals surface area contributed by atoms with E-state index in [9.17, 15) is 4.79 Å². The van der Waals surface area contributed by atoms with Crippen LogP contribution < -0.4 is 14.8 Å². The lowest BCUT2D eigenvalue weighted by atomic mass is 10.1. The molecule has 1 aliphatic rings. The van der Waals surface area contributed by atoms with Gasteiger partial charge in [0, 0.05) is 17.8 Å². The molecule has 0 saturated carbocycles. The van der Waals surface area contributed by atoms with Crippen LogP contribution in [0.5, 0.6) is 11.5 Å². The van der Waals surface area contributed by atoms with Crippen molar-refractivity contribution in [3.05, 3.63) is 40.6 Å².